The van der Waals surface area contributed by atoms with E-state index in [9.17, 15) is 4.79 Å². The van der Waals surface area contributed by atoms with Crippen molar-refractivity contribution < 1.29 is 4.79 Å². The maximum Gasteiger partial charge on any atom is 0.338 e. The van der Waals surface area contributed by atoms with Crippen LogP contribution in [0, 0.1) is 0 Å². The van der Waals surface area contributed by atoms with Gasteiger partial charge in [0.25, 0.3) is 0 Å². The zero-order valence-electron chi connectivity index (χ0n) is 8.20. The minimum atomic E-state index is -0.329. The molecule has 0 spiro atoms. The fraction of sp³-hybridized carbons (Fsp3) is 0. The molecule has 2 aromatic rings. The number of anilines is 2. The summed E-state index contributed by atoms with van der Waals surface area (Å²) in [6, 6.07) is 8.83. The third kappa shape index (κ3) is 2.53. The third-order valence-corrected chi connectivity index (χ3v) is 2.94. The molecule has 1 N–H and O–H groups in total. The number of carbonyl (C=O) groups excluding carboxylic acids is 1. The molecule has 0 radical (unpaired) electrons. The molecule has 2 rings (SSSR count). The van der Waals surface area contributed by atoms with Gasteiger partial charge in [0.2, 0.25) is 0 Å². The SMILES string of the molecule is O=C(Nc1nccs1)N(S)c1ccccc1. The van der Waals surface area contributed by atoms with E-state index in [1.807, 2.05) is 18.2 Å². The standard InChI is InChI=1S/C10H9N3OS2/c14-10(12-9-11-6-7-16-9)13(15)8-4-2-1-3-5-8/h1-7,15H,(H,11,12,14). The van der Waals surface area contributed by atoms with E-state index in [1.54, 1.807) is 23.7 Å². The van der Waals surface area contributed by atoms with Gasteiger partial charge in [-0.3, -0.25) is 5.32 Å². The Balaban J connectivity index is 2.05. The maximum atomic E-state index is 11.7. The summed E-state index contributed by atoms with van der Waals surface area (Å²) in [6.45, 7) is 0. The van der Waals surface area contributed by atoms with E-state index < -0.39 is 0 Å². The van der Waals surface area contributed by atoms with Crippen molar-refractivity contribution in [3.05, 3.63) is 41.9 Å². The van der Waals surface area contributed by atoms with E-state index in [1.165, 1.54) is 15.6 Å². The van der Waals surface area contributed by atoms with Crippen LogP contribution in [0.15, 0.2) is 41.9 Å². The van der Waals surface area contributed by atoms with Crippen molar-refractivity contribution in [1.29, 1.82) is 0 Å². The van der Waals surface area contributed by atoms with Gasteiger partial charge in [0.15, 0.2) is 5.13 Å². The van der Waals surface area contributed by atoms with Crippen LogP contribution in [0.1, 0.15) is 0 Å². The van der Waals surface area contributed by atoms with Crippen LogP contribution in [0.3, 0.4) is 0 Å². The van der Waals surface area contributed by atoms with E-state index in [2.05, 4.69) is 23.1 Å². The topological polar surface area (TPSA) is 45.2 Å². The van der Waals surface area contributed by atoms with Crippen LogP contribution < -0.4 is 9.62 Å². The zero-order valence-corrected chi connectivity index (χ0v) is 9.91. The van der Waals surface area contributed by atoms with Crippen LogP contribution in [-0.2, 0) is 0 Å². The van der Waals surface area contributed by atoms with Crippen LogP contribution in [0.25, 0.3) is 0 Å². The molecule has 0 unspecified atom stereocenters. The first kappa shape index (κ1) is 11.0. The molecule has 6 heteroatoms. The predicted octanol–water partition coefficient (Wildman–Crippen LogP) is 3.03. The molecule has 16 heavy (non-hydrogen) atoms. The van der Waals surface area contributed by atoms with Crippen LogP contribution in [0.5, 0.6) is 0 Å². The lowest BCUT2D eigenvalue weighted by Gasteiger charge is -2.14. The molecule has 0 bridgehead atoms. The Hall–Kier alpha value is -1.53. The van der Waals surface area contributed by atoms with Crippen molar-refractivity contribution >= 4 is 41.0 Å². The number of aromatic nitrogens is 1. The Kier molecular flexibility index (Phi) is 3.43. The number of hydrogen-bond acceptors (Lipinski definition) is 4. The van der Waals surface area contributed by atoms with Crippen molar-refractivity contribution in [2.75, 3.05) is 9.62 Å². The van der Waals surface area contributed by atoms with Gasteiger partial charge in [0.05, 0.1) is 5.69 Å². The van der Waals surface area contributed by atoms with Crippen molar-refractivity contribution in [3.8, 4) is 0 Å². The highest BCUT2D eigenvalue weighted by Crippen LogP contribution is 2.18. The summed E-state index contributed by atoms with van der Waals surface area (Å²) in [4.78, 5) is 15.7. The highest BCUT2D eigenvalue weighted by molar-refractivity contribution is 7.82. The Bertz CT molecular complexity index is 458. The molecular weight excluding hydrogens is 242 g/mol. The molecular formula is C10H9N3OS2. The normalized spacial score (nSPS) is 9.81. The summed E-state index contributed by atoms with van der Waals surface area (Å²) >= 11 is 5.48. The van der Waals surface area contributed by atoms with Crippen LogP contribution >= 0.6 is 24.2 Å². The molecule has 1 aromatic carbocycles. The number of hydrogen-bond donors (Lipinski definition) is 2. The van der Waals surface area contributed by atoms with E-state index >= 15 is 0 Å². The molecule has 0 atom stereocenters. The van der Waals surface area contributed by atoms with Crippen molar-refractivity contribution in [1.82, 2.24) is 4.98 Å². The molecule has 1 aromatic heterocycles. The lowest BCUT2D eigenvalue weighted by molar-refractivity contribution is 0.260. The number of benzene rings is 1. The average molecular weight is 251 g/mol. The highest BCUT2D eigenvalue weighted by atomic mass is 32.1. The van der Waals surface area contributed by atoms with Crippen LogP contribution in [0.4, 0.5) is 15.6 Å². The van der Waals surface area contributed by atoms with Crippen LogP contribution in [-0.4, -0.2) is 11.0 Å². The Morgan fingerprint density at radius 3 is 2.75 bits per heavy atom. The molecule has 82 valence electrons. The molecule has 2 amide bonds. The van der Waals surface area contributed by atoms with Crippen molar-refractivity contribution in [3.63, 3.8) is 0 Å². The summed E-state index contributed by atoms with van der Waals surface area (Å²) in [5, 5.41) is 4.99. The number of para-hydroxylation sites is 1. The molecule has 0 aliphatic heterocycles. The number of nitrogens with one attached hydrogen (secondary N) is 1. The minimum absolute atomic E-state index is 0.329. The number of carbonyl (C=O) groups is 1. The largest absolute Gasteiger partial charge is 0.338 e. The summed E-state index contributed by atoms with van der Waals surface area (Å²) in [6.07, 6.45) is 1.63. The zero-order chi connectivity index (χ0) is 11.4. The minimum Gasteiger partial charge on any atom is -0.282 e. The molecule has 0 aliphatic carbocycles. The number of nitrogens with zero attached hydrogens (tertiary/aromatic N) is 2. The molecule has 0 fully saturated rings. The van der Waals surface area contributed by atoms with Crippen LogP contribution in [0.2, 0.25) is 0 Å². The average Bonchev–Trinajstić information content (AvgIpc) is 2.82. The smallest absolute Gasteiger partial charge is 0.282 e. The Labute approximate surface area is 102 Å². The number of thiol groups is 1. The van der Waals surface area contributed by atoms with Gasteiger partial charge in [-0.15, -0.1) is 11.3 Å². The van der Waals surface area contributed by atoms with E-state index in [0.29, 0.717) is 10.8 Å². The van der Waals surface area contributed by atoms with E-state index in [0.717, 1.165) is 0 Å². The second-order valence-corrected chi connectivity index (χ2v) is 4.21. The molecule has 0 aliphatic rings. The first-order valence-corrected chi connectivity index (χ1v) is 5.80. The Morgan fingerprint density at radius 2 is 2.12 bits per heavy atom. The predicted molar refractivity (Wildman–Crippen MR) is 69.0 cm³/mol. The monoisotopic (exact) mass is 251 g/mol. The van der Waals surface area contributed by atoms with Gasteiger partial charge in [-0.1, -0.05) is 31.0 Å². The van der Waals surface area contributed by atoms with Gasteiger partial charge in [-0.05, 0) is 12.1 Å². The van der Waals surface area contributed by atoms with Crippen molar-refractivity contribution in [2.24, 2.45) is 0 Å². The fourth-order valence-electron chi connectivity index (χ4n) is 1.12. The lowest BCUT2D eigenvalue weighted by Crippen LogP contribution is -2.26. The lowest BCUT2D eigenvalue weighted by atomic mass is 10.3. The summed E-state index contributed by atoms with van der Waals surface area (Å²) in [7, 11) is 0. The second kappa shape index (κ2) is 5.00. The molecule has 0 saturated heterocycles. The summed E-state index contributed by atoms with van der Waals surface area (Å²) < 4.78 is 1.24. The highest BCUT2D eigenvalue weighted by Gasteiger charge is 2.12. The molecule has 1 heterocycles. The van der Waals surface area contributed by atoms with Gasteiger partial charge >= 0.3 is 6.03 Å². The number of thiazole rings is 1. The van der Waals surface area contributed by atoms with E-state index in [4.69, 9.17) is 0 Å². The van der Waals surface area contributed by atoms with Gasteiger partial charge in [-0.25, -0.2) is 14.1 Å². The van der Waals surface area contributed by atoms with Gasteiger partial charge in [-0.2, -0.15) is 0 Å². The maximum absolute atomic E-state index is 11.7. The van der Waals surface area contributed by atoms with Gasteiger partial charge < -0.3 is 0 Å². The number of rotatable bonds is 2. The molecule has 4 nitrogen and oxygen atoms in total. The summed E-state index contributed by atoms with van der Waals surface area (Å²) in [5.41, 5.74) is 0.708. The quantitative estimate of drug-likeness (QED) is 0.806. The Morgan fingerprint density at radius 1 is 1.38 bits per heavy atom. The van der Waals surface area contributed by atoms with E-state index in [-0.39, 0.29) is 6.03 Å². The third-order valence-electron chi connectivity index (χ3n) is 1.84. The fourth-order valence-corrected chi connectivity index (χ4v) is 1.82. The first-order valence-electron chi connectivity index (χ1n) is 4.52. The van der Waals surface area contributed by atoms with Crippen molar-refractivity contribution in [2.45, 2.75) is 0 Å². The number of amides is 2. The number of urea groups is 1. The van der Waals surface area contributed by atoms with Gasteiger partial charge in [0.1, 0.15) is 0 Å². The molecule has 0 saturated carbocycles. The second-order valence-electron chi connectivity index (χ2n) is 2.91. The summed E-state index contributed by atoms with van der Waals surface area (Å²) in [5.74, 6) is 0. The first-order chi connectivity index (χ1) is 7.77. The van der Waals surface area contributed by atoms with Gasteiger partial charge in [0, 0.05) is 11.6 Å².